The van der Waals surface area contributed by atoms with Crippen LogP contribution in [-0.4, -0.2) is 17.3 Å². The van der Waals surface area contributed by atoms with Gasteiger partial charge >= 0.3 is 0 Å². The summed E-state index contributed by atoms with van der Waals surface area (Å²) in [5.74, 6) is -0.344. The summed E-state index contributed by atoms with van der Waals surface area (Å²) in [4.78, 5) is 42.0. The number of carbonyl (C=O) groups is 3. The summed E-state index contributed by atoms with van der Waals surface area (Å²) in [5, 5.41) is 6.29. The number of rotatable bonds is 2. The molecule has 7 aromatic rings. The summed E-state index contributed by atoms with van der Waals surface area (Å²) < 4.78 is 0. The van der Waals surface area contributed by atoms with Gasteiger partial charge in [-0.1, -0.05) is 98.8 Å². The van der Waals surface area contributed by atoms with Crippen LogP contribution >= 0.6 is 0 Å². The van der Waals surface area contributed by atoms with Crippen molar-refractivity contribution in [1.29, 1.82) is 0 Å². The monoisotopic (exact) mass is 657 g/mol. The highest BCUT2D eigenvalue weighted by molar-refractivity contribution is 6.42. The van der Waals surface area contributed by atoms with Crippen molar-refractivity contribution < 1.29 is 14.4 Å². The SMILES string of the molecule is CC1(C)c2cc3c(cc2N(c2cccc4ccccc24)c2cc4ccc(C=C5C(=O)c6cc7ccccc7cc6C5=O)cc4cc21)C=CC(=O)C3. The van der Waals surface area contributed by atoms with Crippen LogP contribution < -0.4 is 4.90 Å². The van der Waals surface area contributed by atoms with E-state index in [1.54, 1.807) is 12.2 Å². The molecule has 0 spiro atoms. The zero-order valence-electron chi connectivity index (χ0n) is 28.2. The van der Waals surface area contributed by atoms with E-state index in [0.717, 1.165) is 77.2 Å². The standard InChI is InChI=1S/C47H31NO3/c1-47(2)40-23-33-18-27(19-39-45(50)37-21-29-9-3-4-10-30(29)22-38(37)46(39)51)14-15-31(33)25-43(40)48(42-13-7-11-28-8-5-6-12-36(28)42)44-26-32-16-17-35(49)20-34(32)24-41(44)47/h3-19,21-26H,20H2,1-2H3. The van der Waals surface area contributed by atoms with Crippen LogP contribution in [-0.2, 0) is 16.6 Å². The van der Waals surface area contributed by atoms with Crippen LogP contribution in [0.5, 0.6) is 0 Å². The molecule has 1 heterocycles. The number of allylic oxidation sites excluding steroid dienone is 2. The number of hydrogen-bond donors (Lipinski definition) is 0. The Balaban J connectivity index is 1.15. The molecule has 0 fully saturated rings. The van der Waals surface area contributed by atoms with Gasteiger partial charge in [0.25, 0.3) is 0 Å². The molecule has 10 rings (SSSR count). The first-order chi connectivity index (χ1) is 24.7. The fraction of sp³-hybridized carbons (Fsp3) is 0.0851. The molecule has 1 aliphatic heterocycles. The van der Waals surface area contributed by atoms with Gasteiger partial charge in [0.2, 0.25) is 0 Å². The Morgan fingerprint density at radius 3 is 1.98 bits per heavy atom. The zero-order valence-corrected chi connectivity index (χ0v) is 28.2. The minimum absolute atomic E-state index is 0.116. The minimum atomic E-state index is -0.394. The average Bonchev–Trinajstić information content (AvgIpc) is 3.36. The molecule has 0 radical (unpaired) electrons. The number of hydrogen-bond acceptors (Lipinski definition) is 4. The van der Waals surface area contributed by atoms with Gasteiger partial charge in [0.05, 0.1) is 22.6 Å². The van der Waals surface area contributed by atoms with Crippen molar-refractivity contribution in [3.05, 3.63) is 172 Å². The van der Waals surface area contributed by atoms with Crippen molar-refractivity contribution in [1.82, 2.24) is 0 Å². The maximum atomic E-state index is 13.6. The van der Waals surface area contributed by atoms with Gasteiger partial charge in [0, 0.05) is 28.3 Å². The first-order valence-corrected chi connectivity index (χ1v) is 17.3. The van der Waals surface area contributed by atoms with Crippen molar-refractivity contribution in [2.24, 2.45) is 0 Å². The van der Waals surface area contributed by atoms with Crippen LogP contribution in [0.15, 0.2) is 133 Å². The first kappa shape index (κ1) is 29.5. The average molecular weight is 658 g/mol. The summed E-state index contributed by atoms with van der Waals surface area (Å²) in [7, 11) is 0. The molecule has 0 aromatic heterocycles. The van der Waals surface area contributed by atoms with Gasteiger partial charge in [0.1, 0.15) is 0 Å². The third-order valence-electron chi connectivity index (χ3n) is 11.1. The van der Waals surface area contributed by atoms with Crippen LogP contribution in [0.1, 0.15) is 62.4 Å². The number of nitrogens with zero attached hydrogens (tertiary/aromatic N) is 1. The van der Waals surface area contributed by atoms with E-state index in [1.807, 2.05) is 48.5 Å². The Labute approximate surface area is 295 Å². The predicted molar refractivity (Wildman–Crippen MR) is 207 cm³/mol. The van der Waals surface area contributed by atoms with Crippen LogP contribution in [0.25, 0.3) is 44.5 Å². The topological polar surface area (TPSA) is 54.5 Å². The molecule has 0 N–H and O–H groups in total. The molecule has 0 saturated carbocycles. The summed E-state index contributed by atoms with van der Waals surface area (Å²) >= 11 is 0. The second-order valence-corrected chi connectivity index (χ2v) is 14.4. The number of fused-ring (bicyclic) bond motifs is 7. The maximum absolute atomic E-state index is 13.6. The number of benzene rings is 7. The second kappa shape index (κ2) is 10.6. The van der Waals surface area contributed by atoms with Crippen LogP contribution in [0.4, 0.5) is 17.1 Å². The molecule has 7 aromatic carbocycles. The highest BCUT2D eigenvalue weighted by Crippen LogP contribution is 2.54. The molecule has 0 atom stereocenters. The Morgan fingerprint density at radius 2 is 1.22 bits per heavy atom. The van der Waals surface area contributed by atoms with Gasteiger partial charge in [-0.05, 0) is 109 Å². The minimum Gasteiger partial charge on any atom is -0.309 e. The number of Topliss-reactive ketones (excluding diaryl/α,β-unsaturated/α-hetero) is 2. The Hall–Kier alpha value is -6.39. The van der Waals surface area contributed by atoms with Crippen LogP contribution in [0.3, 0.4) is 0 Å². The van der Waals surface area contributed by atoms with Crippen molar-refractivity contribution in [3.63, 3.8) is 0 Å². The van der Waals surface area contributed by atoms with E-state index < -0.39 is 5.41 Å². The van der Waals surface area contributed by atoms with Gasteiger partial charge in [-0.15, -0.1) is 0 Å². The molecular weight excluding hydrogens is 627 g/mol. The molecule has 0 bridgehead atoms. The zero-order chi connectivity index (χ0) is 34.6. The van der Waals surface area contributed by atoms with Gasteiger partial charge in [0.15, 0.2) is 17.3 Å². The fourth-order valence-electron chi connectivity index (χ4n) is 8.40. The molecule has 3 aliphatic rings. The number of anilines is 3. The van der Waals surface area contributed by atoms with E-state index in [2.05, 4.69) is 97.6 Å². The van der Waals surface area contributed by atoms with Crippen molar-refractivity contribution >= 4 is 78.9 Å². The number of ketones is 3. The van der Waals surface area contributed by atoms with Crippen molar-refractivity contribution in [3.8, 4) is 0 Å². The van der Waals surface area contributed by atoms with Crippen molar-refractivity contribution in [2.75, 3.05) is 4.90 Å². The Bertz CT molecular complexity index is 2750. The molecule has 2 aliphatic carbocycles. The molecule has 0 saturated heterocycles. The normalized spacial score (nSPS) is 15.7. The quantitative estimate of drug-likeness (QED) is 0.137. The maximum Gasteiger partial charge on any atom is 0.197 e. The molecule has 51 heavy (non-hydrogen) atoms. The lowest BCUT2D eigenvalue weighted by Gasteiger charge is -2.43. The Morgan fingerprint density at radius 1 is 0.569 bits per heavy atom. The fourth-order valence-corrected chi connectivity index (χ4v) is 8.40. The molecular formula is C47H31NO3. The van der Waals surface area contributed by atoms with Crippen LogP contribution in [0.2, 0.25) is 0 Å². The van der Waals surface area contributed by atoms with E-state index in [-0.39, 0.29) is 22.9 Å². The predicted octanol–water partition coefficient (Wildman–Crippen LogP) is 10.9. The van der Waals surface area contributed by atoms with E-state index in [1.165, 1.54) is 0 Å². The van der Waals surface area contributed by atoms with Gasteiger partial charge < -0.3 is 4.90 Å². The second-order valence-electron chi connectivity index (χ2n) is 14.4. The summed E-state index contributed by atoms with van der Waals surface area (Å²) in [6, 6.07) is 41.5. The van der Waals surface area contributed by atoms with E-state index in [9.17, 15) is 14.4 Å². The van der Waals surface area contributed by atoms with Gasteiger partial charge in [-0.2, -0.15) is 0 Å². The molecule has 242 valence electrons. The molecule has 4 nitrogen and oxygen atoms in total. The van der Waals surface area contributed by atoms with E-state index in [0.29, 0.717) is 17.5 Å². The number of carbonyl (C=O) groups excluding carboxylic acids is 3. The van der Waals surface area contributed by atoms with Crippen LogP contribution in [0, 0.1) is 0 Å². The first-order valence-electron chi connectivity index (χ1n) is 17.3. The lowest BCUT2D eigenvalue weighted by molar-refractivity contribution is -0.114. The smallest absolute Gasteiger partial charge is 0.197 e. The molecule has 0 unspecified atom stereocenters. The van der Waals surface area contributed by atoms with Gasteiger partial charge in [-0.3, -0.25) is 14.4 Å². The highest BCUT2D eigenvalue weighted by atomic mass is 16.2. The summed E-state index contributed by atoms with van der Waals surface area (Å²) in [5.41, 5.74) is 9.27. The molecule has 4 heteroatoms. The lowest BCUT2D eigenvalue weighted by atomic mass is 9.71. The lowest BCUT2D eigenvalue weighted by Crippen LogP contribution is -2.31. The molecule has 0 amide bonds. The van der Waals surface area contributed by atoms with E-state index in [4.69, 9.17) is 0 Å². The summed E-state index contributed by atoms with van der Waals surface area (Å²) in [6.45, 7) is 4.51. The largest absolute Gasteiger partial charge is 0.309 e. The van der Waals surface area contributed by atoms with E-state index >= 15 is 0 Å². The van der Waals surface area contributed by atoms with Crippen molar-refractivity contribution in [2.45, 2.75) is 25.7 Å². The summed E-state index contributed by atoms with van der Waals surface area (Å²) in [6.07, 6.45) is 5.77. The highest BCUT2D eigenvalue weighted by Gasteiger charge is 2.39. The Kier molecular flexibility index (Phi) is 6.11. The third kappa shape index (κ3) is 4.36. The van der Waals surface area contributed by atoms with Gasteiger partial charge in [-0.25, -0.2) is 0 Å². The third-order valence-corrected chi connectivity index (χ3v) is 11.1.